The van der Waals surface area contributed by atoms with E-state index in [1.807, 2.05) is 36.4 Å². The van der Waals surface area contributed by atoms with Crippen molar-refractivity contribution in [3.63, 3.8) is 0 Å². The summed E-state index contributed by atoms with van der Waals surface area (Å²) in [6.45, 7) is 16.3. The molecule has 0 radical (unpaired) electrons. The van der Waals surface area contributed by atoms with Crippen LogP contribution in [0.2, 0.25) is 0 Å². The molecule has 0 heterocycles. The summed E-state index contributed by atoms with van der Waals surface area (Å²) in [7, 11) is 0. The second-order valence-corrected chi connectivity index (χ2v) is 22.8. The molecule has 5 aromatic carbocycles. The average Bonchev–Trinajstić information content (AvgIpc) is 3.53. The van der Waals surface area contributed by atoms with Crippen LogP contribution in [-0.2, 0) is 9.59 Å². The van der Waals surface area contributed by atoms with Crippen LogP contribution in [0.3, 0.4) is 0 Å². The Bertz CT molecular complexity index is 2440. The molecule has 0 saturated carbocycles. The summed E-state index contributed by atoms with van der Waals surface area (Å²) in [4.78, 5) is 29.9. The Balaban J connectivity index is 1.44. The summed E-state index contributed by atoms with van der Waals surface area (Å²) < 4.78 is 11.4. The first-order valence-electron chi connectivity index (χ1n) is 32.4. The highest BCUT2D eigenvalue weighted by Crippen LogP contribution is 2.37. The van der Waals surface area contributed by atoms with Crippen molar-refractivity contribution in [1.82, 2.24) is 0 Å². The lowest BCUT2D eigenvalue weighted by molar-refractivity contribution is -0.132. The van der Waals surface area contributed by atoms with Crippen molar-refractivity contribution < 1.29 is 19.1 Å². The van der Waals surface area contributed by atoms with Crippen LogP contribution in [0, 0.1) is 23.7 Å². The van der Waals surface area contributed by atoms with Gasteiger partial charge < -0.3 is 19.3 Å². The van der Waals surface area contributed by atoms with E-state index in [0.29, 0.717) is 11.5 Å². The van der Waals surface area contributed by atoms with Gasteiger partial charge in [0.2, 0.25) is 0 Å². The predicted octanol–water partition coefficient (Wildman–Crippen LogP) is 20.8. The number of ether oxygens (including phenoxy) is 2. The number of anilines is 2. The molecule has 0 aliphatic rings. The van der Waals surface area contributed by atoms with Crippen LogP contribution in [0.15, 0.2) is 84.9 Å². The fourth-order valence-corrected chi connectivity index (χ4v) is 11.2. The predicted molar refractivity (Wildman–Crippen MR) is 344 cm³/mol. The van der Waals surface area contributed by atoms with Gasteiger partial charge in [-0.15, -0.1) is 0 Å². The zero-order chi connectivity index (χ0) is 56.8. The second kappa shape index (κ2) is 39.6. The molecule has 0 aliphatic heterocycles. The van der Waals surface area contributed by atoms with Gasteiger partial charge in [-0.25, -0.2) is 0 Å². The number of fused-ring (bicyclic) bond motifs is 2. The molecule has 6 heteroatoms. The first-order chi connectivity index (χ1) is 39.2. The number of nitrogens with zero attached hydrogens (tertiary/aromatic N) is 2. The zero-order valence-corrected chi connectivity index (χ0v) is 51.1. The monoisotopic (exact) mass is 1080 g/mol. The lowest BCUT2D eigenvalue weighted by Gasteiger charge is -2.25. The third-order valence-corrected chi connectivity index (χ3v) is 15.8. The summed E-state index contributed by atoms with van der Waals surface area (Å²) >= 11 is 0. The minimum Gasteiger partial charge on any atom is -0.427 e. The van der Waals surface area contributed by atoms with E-state index in [0.717, 1.165) is 70.0 Å². The maximum atomic E-state index is 12.3. The molecular weight excluding hydrogens is 981 g/mol. The highest BCUT2D eigenvalue weighted by Gasteiger charge is 2.16. The number of unbranched alkanes of at least 4 members (excludes halogenated alkanes) is 28. The fraction of sp³-hybridized carbons (Fsp3) is 0.568. The van der Waals surface area contributed by atoms with Gasteiger partial charge in [0.15, 0.2) is 0 Å². The number of carbonyl (C=O) groups is 2. The van der Waals surface area contributed by atoms with Crippen molar-refractivity contribution in [3.8, 4) is 35.2 Å². The fourth-order valence-electron chi connectivity index (χ4n) is 11.2. The minimum atomic E-state index is -0.389. The number of hydrogen-bond donors (Lipinski definition) is 0. The van der Waals surface area contributed by atoms with E-state index < -0.39 is 0 Å². The summed E-state index contributed by atoms with van der Waals surface area (Å²) in [6.07, 6.45) is 42.1. The molecule has 0 amide bonds. The normalized spacial score (nSPS) is 11.1. The largest absolute Gasteiger partial charge is 0.427 e. The quantitative estimate of drug-likeness (QED) is 0.0128. The molecule has 0 aliphatic carbocycles. The van der Waals surface area contributed by atoms with Crippen LogP contribution in [0.25, 0.3) is 21.5 Å². The Morgan fingerprint density at radius 2 is 0.588 bits per heavy atom. The lowest BCUT2D eigenvalue weighted by Crippen LogP contribution is -2.25. The Hall–Kier alpha value is -5.72. The molecule has 0 atom stereocenters. The van der Waals surface area contributed by atoms with Crippen molar-refractivity contribution in [2.45, 2.75) is 247 Å². The number of benzene rings is 5. The number of rotatable bonds is 40. The zero-order valence-electron chi connectivity index (χ0n) is 51.1. The third-order valence-electron chi connectivity index (χ3n) is 15.8. The Labute approximate surface area is 486 Å². The summed E-state index contributed by atoms with van der Waals surface area (Å²) in [5.41, 5.74) is 5.93. The molecule has 0 saturated heterocycles. The van der Waals surface area contributed by atoms with Crippen LogP contribution >= 0.6 is 0 Å². The van der Waals surface area contributed by atoms with Crippen LogP contribution in [0.1, 0.15) is 269 Å². The molecule has 6 nitrogen and oxygen atoms in total. The van der Waals surface area contributed by atoms with Crippen molar-refractivity contribution in [2.24, 2.45) is 0 Å². The number of carbonyl (C=O) groups excluding carboxylic acids is 2. The van der Waals surface area contributed by atoms with E-state index in [-0.39, 0.29) is 11.9 Å². The molecule has 0 fully saturated rings. The van der Waals surface area contributed by atoms with Gasteiger partial charge in [-0.05, 0) is 121 Å². The SMILES string of the molecule is CCCCCCCCCCN(CCCCCCCCCC)c1ccc(C#Cc2c3ccc(OC(C)=O)cc3c(C#Cc3ccc(N(CCCCCCCCCC)CCCCCCCCCC)cc3)c3ccc(OC(C)=O)cc23)cc1. The van der Waals surface area contributed by atoms with Gasteiger partial charge in [0.1, 0.15) is 11.5 Å². The summed E-state index contributed by atoms with van der Waals surface area (Å²) in [6, 6.07) is 29.0. The minimum absolute atomic E-state index is 0.389. The first kappa shape index (κ1) is 65.1. The smallest absolute Gasteiger partial charge is 0.308 e. The molecule has 5 rings (SSSR count). The molecule has 434 valence electrons. The topological polar surface area (TPSA) is 59.1 Å². The van der Waals surface area contributed by atoms with E-state index in [2.05, 4.69) is 110 Å². The Morgan fingerprint density at radius 3 is 0.850 bits per heavy atom. The number of esters is 2. The van der Waals surface area contributed by atoms with E-state index in [1.165, 1.54) is 231 Å². The van der Waals surface area contributed by atoms with E-state index in [1.54, 1.807) is 0 Å². The average molecular weight is 1090 g/mol. The van der Waals surface area contributed by atoms with Crippen LogP contribution < -0.4 is 19.3 Å². The lowest BCUT2D eigenvalue weighted by atomic mass is 9.91. The maximum Gasteiger partial charge on any atom is 0.308 e. The van der Waals surface area contributed by atoms with Crippen molar-refractivity contribution in [1.29, 1.82) is 0 Å². The molecule has 0 aromatic heterocycles. The molecule has 0 unspecified atom stereocenters. The molecular formula is C74H104N2O4. The van der Waals surface area contributed by atoms with Gasteiger partial charge in [0.05, 0.1) is 0 Å². The highest BCUT2D eigenvalue weighted by molar-refractivity contribution is 6.10. The number of hydrogen-bond acceptors (Lipinski definition) is 6. The standard InChI is InChI=1S/C74H104N2O4/c1-7-11-15-19-23-27-31-35-55-75(56-36-32-28-24-20-16-12-8-2)65-45-39-63(40-46-65)43-51-69-71-53-49-68(80-62(6)78)60-74(71)70(72-54-50-67(59-73(69)72)79-61(5)77)52-44-64-41-47-66(48-42-64)76(57-37-33-29-25-21-17-13-9-3)58-38-34-30-26-22-18-14-10-4/h39-42,45-50,53-54,59-60H,7-38,55-58H2,1-6H3. The van der Waals surface area contributed by atoms with E-state index >= 15 is 0 Å². The summed E-state index contributed by atoms with van der Waals surface area (Å²) in [5, 5.41) is 3.41. The van der Waals surface area contributed by atoms with Gasteiger partial charge in [-0.3, -0.25) is 9.59 Å². The van der Waals surface area contributed by atoms with Gasteiger partial charge >= 0.3 is 11.9 Å². The first-order valence-corrected chi connectivity index (χ1v) is 32.4. The molecule has 80 heavy (non-hydrogen) atoms. The Kier molecular flexibility index (Phi) is 32.3. The summed E-state index contributed by atoms with van der Waals surface area (Å²) in [5.74, 6) is 14.3. The molecule has 0 spiro atoms. The molecule has 0 N–H and O–H groups in total. The van der Waals surface area contributed by atoms with E-state index in [4.69, 9.17) is 9.47 Å². The van der Waals surface area contributed by atoms with Crippen LogP contribution in [0.5, 0.6) is 11.5 Å². The van der Waals surface area contributed by atoms with Gasteiger partial charge in [-0.1, -0.05) is 231 Å². The van der Waals surface area contributed by atoms with Gasteiger partial charge in [-0.2, -0.15) is 0 Å². The maximum absolute atomic E-state index is 12.3. The molecule has 0 bridgehead atoms. The van der Waals surface area contributed by atoms with Crippen LogP contribution in [0.4, 0.5) is 11.4 Å². The van der Waals surface area contributed by atoms with Gasteiger partial charge in [0.25, 0.3) is 0 Å². The van der Waals surface area contributed by atoms with Crippen molar-refractivity contribution in [2.75, 3.05) is 36.0 Å². The van der Waals surface area contributed by atoms with E-state index in [9.17, 15) is 9.59 Å². The Morgan fingerprint density at radius 1 is 0.325 bits per heavy atom. The van der Waals surface area contributed by atoms with Crippen molar-refractivity contribution >= 4 is 44.9 Å². The van der Waals surface area contributed by atoms with Crippen LogP contribution in [-0.4, -0.2) is 38.1 Å². The second-order valence-electron chi connectivity index (χ2n) is 22.8. The molecule has 5 aromatic rings. The highest BCUT2D eigenvalue weighted by atomic mass is 16.5. The van der Waals surface area contributed by atoms with Crippen molar-refractivity contribution in [3.05, 3.63) is 107 Å². The third kappa shape index (κ3) is 24.6. The van der Waals surface area contributed by atoms with Gasteiger partial charge in [0, 0.05) is 84.4 Å².